The summed E-state index contributed by atoms with van der Waals surface area (Å²) in [6.07, 6.45) is 1.46. The Balaban J connectivity index is 0.00000169. The molecule has 1 atom stereocenters. The summed E-state index contributed by atoms with van der Waals surface area (Å²) in [7, 11) is 1.34. The zero-order valence-corrected chi connectivity index (χ0v) is 8.88. The van der Waals surface area contributed by atoms with Crippen LogP contribution in [0.3, 0.4) is 0 Å². The van der Waals surface area contributed by atoms with Crippen molar-refractivity contribution in [2.24, 2.45) is 5.73 Å². The van der Waals surface area contributed by atoms with E-state index in [2.05, 4.69) is 9.72 Å². The summed E-state index contributed by atoms with van der Waals surface area (Å²) < 4.78 is 4.53. The van der Waals surface area contributed by atoms with Crippen molar-refractivity contribution in [3.05, 3.63) is 29.6 Å². The first-order chi connectivity index (χ1) is 6.15. The van der Waals surface area contributed by atoms with Crippen LogP contribution in [0.1, 0.15) is 29.0 Å². The lowest BCUT2D eigenvalue weighted by atomic mass is 10.2. The Morgan fingerprint density at radius 3 is 2.57 bits per heavy atom. The highest BCUT2D eigenvalue weighted by Crippen LogP contribution is 2.07. The van der Waals surface area contributed by atoms with Gasteiger partial charge in [-0.15, -0.1) is 12.4 Å². The zero-order valence-electron chi connectivity index (χ0n) is 8.06. The lowest BCUT2D eigenvalue weighted by Gasteiger charge is -2.04. The largest absolute Gasteiger partial charge is 0.465 e. The predicted molar refractivity (Wildman–Crippen MR) is 55.4 cm³/mol. The molecular formula is C9H13ClN2O2. The lowest BCUT2D eigenvalue weighted by molar-refractivity contribution is 0.0600. The second kappa shape index (κ2) is 5.57. The molecule has 0 aliphatic rings. The van der Waals surface area contributed by atoms with Gasteiger partial charge in [-0.25, -0.2) is 4.79 Å². The second-order valence-electron chi connectivity index (χ2n) is 2.75. The van der Waals surface area contributed by atoms with E-state index < -0.39 is 0 Å². The summed E-state index contributed by atoms with van der Waals surface area (Å²) in [5.74, 6) is -0.385. The van der Waals surface area contributed by atoms with E-state index in [9.17, 15) is 4.79 Å². The number of carbonyl (C=O) groups is 1. The Bertz CT molecular complexity index is 298. The molecule has 1 rings (SSSR count). The van der Waals surface area contributed by atoms with Gasteiger partial charge in [-0.3, -0.25) is 4.98 Å². The van der Waals surface area contributed by atoms with Crippen LogP contribution in [0.2, 0.25) is 0 Å². The second-order valence-corrected chi connectivity index (χ2v) is 2.75. The summed E-state index contributed by atoms with van der Waals surface area (Å²) >= 11 is 0. The maximum atomic E-state index is 11.0. The number of esters is 1. The molecule has 0 aliphatic heterocycles. The van der Waals surface area contributed by atoms with Crippen LogP contribution in [-0.2, 0) is 4.74 Å². The number of ether oxygens (including phenoxy) is 1. The van der Waals surface area contributed by atoms with Gasteiger partial charge < -0.3 is 10.5 Å². The Labute approximate surface area is 88.9 Å². The maximum Gasteiger partial charge on any atom is 0.339 e. The number of rotatable bonds is 2. The van der Waals surface area contributed by atoms with E-state index in [4.69, 9.17) is 5.73 Å². The van der Waals surface area contributed by atoms with Gasteiger partial charge in [0.2, 0.25) is 0 Å². The smallest absolute Gasteiger partial charge is 0.339 e. The first-order valence-electron chi connectivity index (χ1n) is 3.95. The van der Waals surface area contributed by atoms with Gasteiger partial charge in [-0.2, -0.15) is 0 Å². The van der Waals surface area contributed by atoms with Crippen molar-refractivity contribution in [2.75, 3.05) is 7.11 Å². The molecule has 2 N–H and O–H groups in total. The molecular weight excluding hydrogens is 204 g/mol. The normalized spacial score (nSPS) is 11.4. The van der Waals surface area contributed by atoms with Gasteiger partial charge in [-0.1, -0.05) is 0 Å². The topological polar surface area (TPSA) is 65.2 Å². The number of hydrogen-bond donors (Lipinski definition) is 1. The number of nitrogens with two attached hydrogens (primary N) is 1. The summed E-state index contributed by atoms with van der Waals surface area (Å²) in [4.78, 5) is 15.0. The lowest BCUT2D eigenvalue weighted by Crippen LogP contribution is -2.08. The summed E-state index contributed by atoms with van der Waals surface area (Å²) in [5.41, 5.74) is 6.79. The van der Waals surface area contributed by atoms with Crippen LogP contribution in [0.15, 0.2) is 18.3 Å². The predicted octanol–water partition coefficient (Wildman–Crippen LogP) is 1.31. The first-order valence-corrected chi connectivity index (χ1v) is 3.95. The molecule has 0 aromatic carbocycles. The van der Waals surface area contributed by atoms with E-state index in [1.165, 1.54) is 13.3 Å². The quantitative estimate of drug-likeness (QED) is 0.757. The zero-order chi connectivity index (χ0) is 9.84. The maximum absolute atomic E-state index is 11.0. The number of carbonyl (C=O) groups excluding carboxylic acids is 1. The molecule has 0 radical (unpaired) electrons. The highest BCUT2D eigenvalue weighted by molar-refractivity contribution is 5.88. The molecule has 0 aliphatic carbocycles. The summed E-state index contributed by atoms with van der Waals surface area (Å²) in [6, 6.07) is 3.25. The first kappa shape index (κ1) is 12.9. The van der Waals surface area contributed by atoms with Crippen molar-refractivity contribution in [1.82, 2.24) is 4.98 Å². The third-order valence-electron chi connectivity index (χ3n) is 1.67. The Morgan fingerprint density at radius 2 is 2.21 bits per heavy atom. The van der Waals surface area contributed by atoms with Gasteiger partial charge in [0.1, 0.15) is 0 Å². The van der Waals surface area contributed by atoms with Crippen molar-refractivity contribution in [3.8, 4) is 0 Å². The van der Waals surface area contributed by atoms with E-state index in [1.54, 1.807) is 12.1 Å². The van der Waals surface area contributed by atoms with Crippen LogP contribution in [0.4, 0.5) is 0 Å². The van der Waals surface area contributed by atoms with Crippen molar-refractivity contribution in [3.63, 3.8) is 0 Å². The Hall–Kier alpha value is -1.13. The van der Waals surface area contributed by atoms with Crippen LogP contribution >= 0.6 is 12.4 Å². The average Bonchev–Trinajstić information content (AvgIpc) is 2.17. The van der Waals surface area contributed by atoms with Crippen LogP contribution in [0, 0.1) is 0 Å². The fraction of sp³-hybridized carbons (Fsp3) is 0.333. The third-order valence-corrected chi connectivity index (χ3v) is 1.67. The SMILES string of the molecule is COC(=O)c1ccc(C(C)N)nc1.Cl. The molecule has 5 heteroatoms. The molecule has 0 saturated heterocycles. The van der Waals surface area contributed by atoms with Crippen LogP contribution in [-0.4, -0.2) is 18.1 Å². The van der Waals surface area contributed by atoms with Crippen LogP contribution in [0.5, 0.6) is 0 Å². The van der Waals surface area contributed by atoms with Gasteiger partial charge in [0, 0.05) is 12.2 Å². The van der Waals surface area contributed by atoms with Crippen molar-refractivity contribution >= 4 is 18.4 Å². The number of methoxy groups -OCH3 is 1. The molecule has 0 saturated carbocycles. The standard InChI is InChI=1S/C9H12N2O2.ClH/c1-6(10)8-4-3-7(5-11-8)9(12)13-2;/h3-6H,10H2,1-2H3;1H. The van der Waals surface area contributed by atoms with Gasteiger partial charge in [0.25, 0.3) is 0 Å². The molecule has 0 spiro atoms. The molecule has 0 bridgehead atoms. The van der Waals surface area contributed by atoms with Crippen LogP contribution < -0.4 is 5.73 Å². The summed E-state index contributed by atoms with van der Waals surface area (Å²) in [6.45, 7) is 1.83. The molecule has 0 amide bonds. The number of pyridine rings is 1. The molecule has 1 aromatic rings. The third kappa shape index (κ3) is 2.97. The molecule has 1 unspecified atom stereocenters. The molecule has 14 heavy (non-hydrogen) atoms. The highest BCUT2D eigenvalue weighted by atomic mass is 35.5. The monoisotopic (exact) mass is 216 g/mol. The fourth-order valence-electron chi connectivity index (χ4n) is 0.913. The molecule has 78 valence electrons. The Kier molecular flexibility index (Phi) is 5.12. The number of halogens is 1. The van der Waals surface area contributed by atoms with Gasteiger partial charge in [0.15, 0.2) is 0 Å². The molecule has 1 heterocycles. The number of hydrogen-bond acceptors (Lipinski definition) is 4. The highest BCUT2D eigenvalue weighted by Gasteiger charge is 2.06. The van der Waals surface area contributed by atoms with Crippen molar-refractivity contribution < 1.29 is 9.53 Å². The molecule has 1 aromatic heterocycles. The van der Waals surface area contributed by atoms with Gasteiger partial charge in [0.05, 0.1) is 18.4 Å². The number of aromatic nitrogens is 1. The van der Waals surface area contributed by atoms with Crippen molar-refractivity contribution in [2.45, 2.75) is 13.0 Å². The van der Waals surface area contributed by atoms with E-state index in [-0.39, 0.29) is 24.4 Å². The van der Waals surface area contributed by atoms with E-state index in [0.29, 0.717) is 5.56 Å². The van der Waals surface area contributed by atoms with Gasteiger partial charge in [-0.05, 0) is 19.1 Å². The van der Waals surface area contributed by atoms with Crippen molar-refractivity contribution in [1.29, 1.82) is 0 Å². The average molecular weight is 217 g/mol. The minimum atomic E-state index is -0.385. The van der Waals surface area contributed by atoms with E-state index in [0.717, 1.165) is 5.69 Å². The fourth-order valence-corrected chi connectivity index (χ4v) is 0.913. The van der Waals surface area contributed by atoms with Crippen LogP contribution in [0.25, 0.3) is 0 Å². The minimum absolute atomic E-state index is 0. The summed E-state index contributed by atoms with van der Waals surface area (Å²) in [5, 5.41) is 0. The molecule has 4 nitrogen and oxygen atoms in total. The molecule has 0 fully saturated rings. The number of nitrogens with zero attached hydrogens (tertiary/aromatic N) is 1. The van der Waals surface area contributed by atoms with E-state index >= 15 is 0 Å². The van der Waals surface area contributed by atoms with E-state index in [1.807, 2.05) is 6.92 Å². The minimum Gasteiger partial charge on any atom is -0.465 e. The van der Waals surface area contributed by atoms with Gasteiger partial charge >= 0.3 is 5.97 Å². The Morgan fingerprint density at radius 1 is 1.57 bits per heavy atom.